The van der Waals surface area contributed by atoms with Crippen LogP contribution in [0.5, 0.6) is 5.75 Å². The minimum absolute atomic E-state index is 0.115. The van der Waals surface area contributed by atoms with Crippen molar-refractivity contribution in [3.63, 3.8) is 0 Å². The van der Waals surface area contributed by atoms with Gasteiger partial charge in [0, 0.05) is 18.9 Å². The van der Waals surface area contributed by atoms with Crippen LogP contribution in [0.3, 0.4) is 0 Å². The molecule has 9 heteroatoms. The van der Waals surface area contributed by atoms with E-state index in [1.807, 2.05) is 27.7 Å². The Hall–Kier alpha value is -2.94. The maximum absolute atomic E-state index is 13.2. The Labute approximate surface area is 170 Å². The third kappa shape index (κ3) is 4.73. The monoisotopic (exact) mass is 416 g/mol. The molecule has 0 amide bonds. The van der Waals surface area contributed by atoms with Crippen LogP contribution in [0.1, 0.15) is 30.9 Å². The summed E-state index contributed by atoms with van der Waals surface area (Å²) >= 11 is 0. The molecule has 0 fully saturated rings. The maximum atomic E-state index is 13.2. The molecule has 0 saturated heterocycles. The first kappa shape index (κ1) is 20.8. The van der Waals surface area contributed by atoms with Crippen LogP contribution in [-0.2, 0) is 16.6 Å². The lowest BCUT2D eigenvalue weighted by molar-refractivity contribution is 0.301. The first-order chi connectivity index (χ1) is 13.8. The largest absolute Gasteiger partial charge is 0.489 e. The predicted molar refractivity (Wildman–Crippen MR) is 108 cm³/mol. The van der Waals surface area contributed by atoms with Gasteiger partial charge >= 0.3 is 0 Å². The standard InChI is InChI=1S/C20H24N4O4S/c1-14(2)12-24(20-11-21-9-10-22-20)29(25,26)18-7-5-17(6-8-18)27-13-19-15(3)23-28-16(19)4/h5-11,14H,12-13H2,1-4H3. The third-order valence-corrected chi connectivity index (χ3v) is 6.10. The molecule has 0 aliphatic rings. The van der Waals surface area contributed by atoms with Crippen LogP contribution >= 0.6 is 0 Å². The van der Waals surface area contributed by atoms with Crippen LogP contribution in [0.15, 0.2) is 52.3 Å². The first-order valence-corrected chi connectivity index (χ1v) is 10.7. The highest BCUT2D eigenvalue weighted by molar-refractivity contribution is 7.92. The van der Waals surface area contributed by atoms with E-state index in [1.165, 1.54) is 35.0 Å². The first-order valence-electron chi connectivity index (χ1n) is 9.22. The van der Waals surface area contributed by atoms with Crippen molar-refractivity contribution in [3.05, 3.63) is 59.9 Å². The zero-order valence-corrected chi connectivity index (χ0v) is 17.7. The summed E-state index contributed by atoms with van der Waals surface area (Å²) in [6, 6.07) is 6.33. The predicted octanol–water partition coefficient (Wildman–Crippen LogP) is 3.51. The van der Waals surface area contributed by atoms with E-state index in [4.69, 9.17) is 9.26 Å². The smallest absolute Gasteiger partial charge is 0.265 e. The van der Waals surface area contributed by atoms with Gasteiger partial charge in [0.05, 0.1) is 22.3 Å². The van der Waals surface area contributed by atoms with Gasteiger partial charge < -0.3 is 9.26 Å². The molecule has 8 nitrogen and oxygen atoms in total. The minimum Gasteiger partial charge on any atom is -0.489 e. The minimum atomic E-state index is -3.79. The van der Waals surface area contributed by atoms with Gasteiger partial charge in [-0.2, -0.15) is 0 Å². The molecule has 0 radical (unpaired) electrons. The fraction of sp³-hybridized carbons (Fsp3) is 0.350. The van der Waals surface area contributed by atoms with Crippen molar-refractivity contribution in [3.8, 4) is 5.75 Å². The van der Waals surface area contributed by atoms with Crippen molar-refractivity contribution in [2.24, 2.45) is 5.92 Å². The van der Waals surface area contributed by atoms with E-state index in [0.717, 1.165) is 11.3 Å². The Morgan fingerprint density at radius 1 is 1.14 bits per heavy atom. The summed E-state index contributed by atoms with van der Waals surface area (Å²) in [5.41, 5.74) is 1.66. The Balaban J connectivity index is 1.81. The maximum Gasteiger partial charge on any atom is 0.265 e. The lowest BCUT2D eigenvalue weighted by Gasteiger charge is -2.24. The number of anilines is 1. The number of benzene rings is 1. The topological polar surface area (TPSA) is 98.4 Å². The van der Waals surface area contributed by atoms with Gasteiger partial charge in [0.2, 0.25) is 0 Å². The number of aromatic nitrogens is 3. The highest BCUT2D eigenvalue weighted by Gasteiger charge is 2.27. The molecule has 154 valence electrons. The van der Waals surface area contributed by atoms with Gasteiger partial charge in [-0.3, -0.25) is 4.98 Å². The summed E-state index contributed by atoms with van der Waals surface area (Å²) in [5.74, 6) is 1.67. The molecule has 0 aliphatic carbocycles. The van der Waals surface area contributed by atoms with E-state index < -0.39 is 10.0 Å². The molecule has 0 unspecified atom stereocenters. The zero-order chi connectivity index (χ0) is 21.0. The molecule has 2 aromatic heterocycles. The number of sulfonamides is 1. The molecule has 0 aliphatic heterocycles. The molecular formula is C20H24N4O4S. The molecule has 0 N–H and O–H groups in total. The highest BCUT2D eigenvalue weighted by Crippen LogP contribution is 2.25. The summed E-state index contributed by atoms with van der Waals surface area (Å²) < 4.78 is 38.6. The van der Waals surface area contributed by atoms with Gasteiger partial charge in [-0.05, 0) is 44.0 Å². The fourth-order valence-electron chi connectivity index (χ4n) is 2.76. The Bertz CT molecular complexity index is 1030. The molecule has 1 aromatic carbocycles. The van der Waals surface area contributed by atoms with Crippen molar-refractivity contribution in [1.29, 1.82) is 0 Å². The van der Waals surface area contributed by atoms with Crippen molar-refractivity contribution in [1.82, 2.24) is 15.1 Å². The summed E-state index contributed by atoms with van der Waals surface area (Å²) in [6.07, 6.45) is 4.43. The van der Waals surface area contributed by atoms with Crippen LogP contribution in [0.4, 0.5) is 5.82 Å². The highest BCUT2D eigenvalue weighted by atomic mass is 32.2. The van der Waals surface area contributed by atoms with Crippen molar-refractivity contribution >= 4 is 15.8 Å². The molecule has 0 bridgehead atoms. The van der Waals surface area contributed by atoms with Crippen LogP contribution in [0.25, 0.3) is 0 Å². The van der Waals surface area contributed by atoms with Gasteiger partial charge in [-0.25, -0.2) is 17.7 Å². The number of ether oxygens (including phenoxy) is 1. The van der Waals surface area contributed by atoms with Gasteiger partial charge in [0.1, 0.15) is 18.1 Å². The second kappa shape index (κ2) is 8.60. The number of rotatable bonds is 8. The van der Waals surface area contributed by atoms with Gasteiger partial charge in [0.15, 0.2) is 5.82 Å². The van der Waals surface area contributed by atoms with Gasteiger partial charge in [-0.15, -0.1) is 0 Å². The van der Waals surface area contributed by atoms with E-state index in [0.29, 0.717) is 30.5 Å². The molecule has 0 spiro atoms. The molecule has 2 heterocycles. The second-order valence-corrected chi connectivity index (χ2v) is 8.92. The second-order valence-electron chi connectivity index (χ2n) is 7.06. The SMILES string of the molecule is Cc1noc(C)c1COc1ccc(S(=O)(=O)N(CC(C)C)c2cnccn2)cc1. The van der Waals surface area contributed by atoms with Gasteiger partial charge in [-0.1, -0.05) is 19.0 Å². The summed E-state index contributed by atoms with van der Waals surface area (Å²) in [7, 11) is -3.79. The fourth-order valence-corrected chi connectivity index (χ4v) is 4.33. The molecule has 3 rings (SSSR count). The zero-order valence-electron chi connectivity index (χ0n) is 16.9. The van der Waals surface area contributed by atoms with E-state index in [2.05, 4.69) is 15.1 Å². The normalized spacial score (nSPS) is 11.6. The lowest BCUT2D eigenvalue weighted by atomic mass is 10.2. The van der Waals surface area contributed by atoms with Crippen molar-refractivity contribution in [2.75, 3.05) is 10.8 Å². The quantitative estimate of drug-likeness (QED) is 0.554. The number of hydrogen-bond donors (Lipinski definition) is 0. The van der Waals surface area contributed by atoms with Crippen LogP contribution < -0.4 is 9.04 Å². The molecule has 0 saturated carbocycles. The van der Waals surface area contributed by atoms with Crippen LogP contribution in [-0.4, -0.2) is 30.1 Å². The van der Waals surface area contributed by atoms with Crippen LogP contribution in [0.2, 0.25) is 0 Å². The molecule has 3 aromatic rings. The number of nitrogens with zero attached hydrogens (tertiary/aromatic N) is 4. The summed E-state index contributed by atoms with van der Waals surface area (Å²) in [6.45, 7) is 8.16. The Kier molecular flexibility index (Phi) is 6.17. The average molecular weight is 417 g/mol. The van der Waals surface area contributed by atoms with Gasteiger partial charge in [0.25, 0.3) is 10.0 Å². The van der Waals surface area contributed by atoms with E-state index in [-0.39, 0.29) is 10.8 Å². The summed E-state index contributed by atoms with van der Waals surface area (Å²) in [4.78, 5) is 8.32. The lowest BCUT2D eigenvalue weighted by Crippen LogP contribution is -2.35. The van der Waals surface area contributed by atoms with E-state index >= 15 is 0 Å². The Morgan fingerprint density at radius 2 is 1.86 bits per heavy atom. The van der Waals surface area contributed by atoms with E-state index in [9.17, 15) is 8.42 Å². The van der Waals surface area contributed by atoms with E-state index in [1.54, 1.807) is 12.1 Å². The third-order valence-electron chi connectivity index (χ3n) is 4.31. The number of aryl methyl sites for hydroxylation is 2. The van der Waals surface area contributed by atoms with Crippen molar-refractivity contribution < 1.29 is 17.7 Å². The van der Waals surface area contributed by atoms with Crippen molar-refractivity contribution in [2.45, 2.75) is 39.2 Å². The summed E-state index contributed by atoms with van der Waals surface area (Å²) in [5, 5.41) is 3.90. The van der Waals surface area contributed by atoms with Crippen LogP contribution in [0, 0.1) is 19.8 Å². The molecule has 0 atom stereocenters. The Morgan fingerprint density at radius 3 is 2.41 bits per heavy atom. The number of hydrogen-bond acceptors (Lipinski definition) is 7. The molecular weight excluding hydrogens is 392 g/mol. The average Bonchev–Trinajstić information content (AvgIpc) is 3.03. The molecule has 29 heavy (non-hydrogen) atoms.